The lowest BCUT2D eigenvalue weighted by Gasteiger charge is -2.38. The standard InChI is InChI=1S/C32H38N2O4/c1-3-37-30(35)23-38-29-18-14-24(15-19-29)20-21-34(2)28-17-16-27(22-28)32(31(33)36,25-10-6-4-7-11-25)26-12-8-5-9-13-26/h4-15,18-19,27-28H,3,16-17,20-23H2,1-2H3,(H2,33,36). The highest BCUT2D eigenvalue weighted by Gasteiger charge is 2.50. The number of carbonyl (C=O) groups excluding carboxylic acids is 2. The van der Waals surface area contributed by atoms with E-state index in [0.29, 0.717) is 18.4 Å². The molecule has 0 saturated heterocycles. The predicted octanol–water partition coefficient (Wildman–Crippen LogP) is 4.74. The Kier molecular flexibility index (Phi) is 9.19. The number of amides is 1. The van der Waals surface area contributed by atoms with Crippen molar-refractivity contribution in [3.63, 3.8) is 0 Å². The number of ether oxygens (including phenoxy) is 2. The molecule has 200 valence electrons. The van der Waals surface area contributed by atoms with Gasteiger partial charge in [0.05, 0.1) is 6.61 Å². The minimum absolute atomic E-state index is 0.0858. The van der Waals surface area contributed by atoms with Gasteiger partial charge in [-0.2, -0.15) is 0 Å². The number of rotatable bonds is 12. The van der Waals surface area contributed by atoms with Gasteiger partial charge in [-0.1, -0.05) is 72.8 Å². The summed E-state index contributed by atoms with van der Waals surface area (Å²) in [5, 5.41) is 0. The van der Waals surface area contributed by atoms with Crippen LogP contribution in [0.2, 0.25) is 0 Å². The molecular formula is C32H38N2O4. The van der Waals surface area contributed by atoms with E-state index in [0.717, 1.165) is 43.4 Å². The molecule has 6 nitrogen and oxygen atoms in total. The van der Waals surface area contributed by atoms with E-state index in [9.17, 15) is 9.59 Å². The van der Waals surface area contributed by atoms with Crippen molar-refractivity contribution < 1.29 is 19.1 Å². The van der Waals surface area contributed by atoms with Gasteiger partial charge in [-0.25, -0.2) is 4.79 Å². The maximum Gasteiger partial charge on any atom is 0.344 e. The van der Waals surface area contributed by atoms with Crippen LogP contribution in [0.5, 0.6) is 5.75 Å². The van der Waals surface area contributed by atoms with E-state index in [2.05, 4.69) is 11.9 Å². The third-order valence-electron chi connectivity index (χ3n) is 7.83. The van der Waals surface area contributed by atoms with Crippen LogP contribution in [-0.2, 0) is 26.2 Å². The fraction of sp³-hybridized carbons (Fsp3) is 0.375. The molecule has 3 aromatic rings. The number of primary amides is 1. The second kappa shape index (κ2) is 12.7. The number of esters is 1. The number of nitrogens with two attached hydrogens (primary N) is 1. The van der Waals surface area contributed by atoms with E-state index >= 15 is 0 Å². The van der Waals surface area contributed by atoms with E-state index < -0.39 is 5.41 Å². The van der Waals surface area contributed by atoms with Gasteiger partial charge in [-0.3, -0.25) is 4.79 Å². The lowest BCUT2D eigenvalue weighted by Crippen LogP contribution is -2.48. The molecule has 1 aliphatic carbocycles. The Balaban J connectivity index is 1.41. The Morgan fingerprint density at radius 1 is 0.921 bits per heavy atom. The molecule has 1 amide bonds. The maximum atomic E-state index is 13.3. The quantitative estimate of drug-likeness (QED) is 0.353. The van der Waals surface area contributed by atoms with Gasteiger partial charge in [0.25, 0.3) is 0 Å². The fourth-order valence-corrected chi connectivity index (χ4v) is 5.86. The summed E-state index contributed by atoms with van der Waals surface area (Å²) >= 11 is 0. The molecule has 0 heterocycles. The Labute approximate surface area is 225 Å². The van der Waals surface area contributed by atoms with Crippen molar-refractivity contribution in [2.75, 3.05) is 26.8 Å². The van der Waals surface area contributed by atoms with E-state index in [1.54, 1.807) is 6.92 Å². The highest BCUT2D eigenvalue weighted by molar-refractivity contribution is 5.91. The molecule has 0 aliphatic heterocycles. The number of carbonyl (C=O) groups is 2. The first-order valence-electron chi connectivity index (χ1n) is 13.4. The SMILES string of the molecule is CCOC(=O)COc1ccc(CCN(C)C2CCC(C(C(N)=O)(c3ccccc3)c3ccccc3)C2)cc1. The smallest absolute Gasteiger partial charge is 0.344 e. The van der Waals surface area contributed by atoms with Gasteiger partial charge in [0.1, 0.15) is 11.2 Å². The highest BCUT2D eigenvalue weighted by Crippen LogP contribution is 2.47. The first-order valence-corrected chi connectivity index (χ1v) is 13.4. The van der Waals surface area contributed by atoms with Crippen LogP contribution in [0.1, 0.15) is 42.9 Å². The van der Waals surface area contributed by atoms with Crippen molar-refractivity contribution in [3.05, 3.63) is 102 Å². The molecule has 0 aromatic heterocycles. The molecule has 0 spiro atoms. The topological polar surface area (TPSA) is 81.9 Å². The van der Waals surface area contributed by atoms with Crippen molar-refractivity contribution >= 4 is 11.9 Å². The first-order chi connectivity index (χ1) is 18.4. The third-order valence-corrected chi connectivity index (χ3v) is 7.83. The minimum atomic E-state index is -0.850. The second-order valence-corrected chi connectivity index (χ2v) is 10.0. The van der Waals surface area contributed by atoms with Gasteiger partial charge < -0.3 is 20.1 Å². The Hall–Kier alpha value is -3.64. The lowest BCUT2D eigenvalue weighted by atomic mass is 9.64. The zero-order valence-corrected chi connectivity index (χ0v) is 22.3. The van der Waals surface area contributed by atoms with Crippen LogP contribution in [0.25, 0.3) is 0 Å². The van der Waals surface area contributed by atoms with Gasteiger partial charge in [-0.15, -0.1) is 0 Å². The van der Waals surface area contributed by atoms with Crippen LogP contribution in [-0.4, -0.2) is 49.6 Å². The van der Waals surface area contributed by atoms with Crippen LogP contribution in [0, 0.1) is 5.92 Å². The summed E-state index contributed by atoms with van der Waals surface area (Å²) in [6, 6.07) is 28.3. The fourth-order valence-electron chi connectivity index (χ4n) is 5.86. The van der Waals surface area contributed by atoms with Crippen LogP contribution < -0.4 is 10.5 Å². The lowest BCUT2D eigenvalue weighted by molar-refractivity contribution is -0.145. The van der Waals surface area contributed by atoms with E-state index in [4.69, 9.17) is 15.2 Å². The molecule has 2 atom stereocenters. The predicted molar refractivity (Wildman–Crippen MR) is 149 cm³/mol. The molecule has 6 heteroatoms. The first kappa shape index (κ1) is 27.4. The number of likely N-dealkylation sites (N-methyl/N-ethyl adjacent to an activating group) is 1. The van der Waals surface area contributed by atoms with Crippen LogP contribution in [0.3, 0.4) is 0 Å². The summed E-state index contributed by atoms with van der Waals surface area (Å²) in [4.78, 5) is 27.2. The molecule has 0 radical (unpaired) electrons. The summed E-state index contributed by atoms with van der Waals surface area (Å²) in [6.07, 6.45) is 3.77. The molecular weight excluding hydrogens is 476 g/mol. The highest BCUT2D eigenvalue weighted by atomic mass is 16.6. The Bertz CT molecular complexity index is 1140. The summed E-state index contributed by atoms with van der Waals surface area (Å²) in [6.45, 7) is 2.94. The van der Waals surface area contributed by atoms with Crippen molar-refractivity contribution in [1.29, 1.82) is 0 Å². The van der Waals surface area contributed by atoms with Gasteiger partial charge in [-0.05, 0) is 74.4 Å². The molecule has 3 aromatic carbocycles. The molecule has 2 unspecified atom stereocenters. The summed E-state index contributed by atoms with van der Waals surface area (Å²) in [7, 11) is 2.17. The van der Waals surface area contributed by atoms with E-state index in [1.807, 2.05) is 84.9 Å². The van der Waals surface area contributed by atoms with Crippen LogP contribution in [0.15, 0.2) is 84.9 Å². The minimum Gasteiger partial charge on any atom is -0.482 e. The normalized spacial score (nSPS) is 17.3. The van der Waals surface area contributed by atoms with Crippen LogP contribution >= 0.6 is 0 Å². The van der Waals surface area contributed by atoms with E-state index in [1.165, 1.54) is 5.56 Å². The average molecular weight is 515 g/mol. The monoisotopic (exact) mass is 514 g/mol. The van der Waals surface area contributed by atoms with Gasteiger partial charge in [0.15, 0.2) is 6.61 Å². The third kappa shape index (κ3) is 6.08. The van der Waals surface area contributed by atoms with Gasteiger partial charge in [0.2, 0.25) is 5.91 Å². The van der Waals surface area contributed by atoms with Gasteiger partial charge >= 0.3 is 5.97 Å². The molecule has 1 aliphatic rings. The molecule has 2 N–H and O–H groups in total. The number of nitrogens with zero attached hydrogens (tertiary/aromatic N) is 1. The Morgan fingerprint density at radius 3 is 2.08 bits per heavy atom. The zero-order chi connectivity index (χ0) is 27.0. The van der Waals surface area contributed by atoms with Crippen molar-refractivity contribution in [1.82, 2.24) is 4.90 Å². The molecule has 38 heavy (non-hydrogen) atoms. The van der Waals surface area contributed by atoms with Gasteiger partial charge in [0, 0.05) is 12.6 Å². The summed E-state index contributed by atoms with van der Waals surface area (Å²) in [5.41, 5.74) is 8.54. The molecule has 1 fully saturated rings. The summed E-state index contributed by atoms with van der Waals surface area (Å²) in [5.74, 6) is 0.118. The molecule has 1 saturated carbocycles. The molecule has 0 bridgehead atoms. The Morgan fingerprint density at radius 2 is 1.53 bits per heavy atom. The maximum absolute atomic E-state index is 13.3. The van der Waals surface area contributed by atoms with Crippen molar-refractivity contribution in [2.24, 2.45) is 11.7 Å². The number of benzene rings is 3. The zero-order valence-electron chi connectivity index (χ0n) is 22.3. The van der Waals surface area contributed by atoms with Crippen molar-refractivity contribution in [2.45, 2.75) is 44.1 Å². The van der Waals surface area contributed by atoms with Crippen LogP contribution in [0.4, 0.5) is 0 Å². The van der Waals surface area contributed by atoms with Crippen molar-refractivity contribution in [3.8, 4) is 5.75 Å². The molecule has 4 rings (SSSR count). The number of hydrogen-bond donors (Lipinski definition) is 1. The average Bonchev–Trinajstić information content (AvgIpc) is 3.43. The number of hydrogen-bond acceptors (Lipinski definition) is 5. The van der Waals surface area contributed by atoms with E-state index in [-0.39, 0.29) is 24.4 Å². The summed E-state index contributed by atoms with van der Waals surface area (Å²) < 4.78 is 10.4. The second-order valence-electron chi connectivity index (χ2n) is 10.0. The largest absolute Gasteiger partial charge is 0.482 e.